The van der Waals surface area contributed by atoms with Gasteiger partial charge in [-0.1, -0.05) is 42.5 Å². The average Bonchev–Trinajstić information content (AvgIpc) is 3.40. The van der Waals surface area contributed by atoms with Crippen molar-refractivity contribution in [3.05, 3.63) is 94.4 Å². The first-order valence-electron chi connectivity index (χ1n) is 10.9. The molecule has 7 heteroatoms. The number of fused-ring (bicyclic) bond motifs is 1. The largest absolute Gasteiger partial charge is 0.352 e. The lowest BCUT2D eigenvalue weighted by Gasteiger charge is -2.27. The number of anilines is 1. The second-order valence-electron chi connectivity index (χ2n) is 8.11. The summed E-state index contributed by atoms with van der Waals surface area (Å²) >= 11 is 7.44. The Morgan fingerprint density at radius 1 is 1.12 bits per heavy atom. The molecule has 5 nitrogen and oxygen atoms in total. The quantitative estimate of drug-likeness (QED) is 0.358. The van der Waals surface area contributed by atoms with Gasteiger partial charge in [-0.2, -0.15) is 0 Å². The number of nitrogens with one attached hydrogen (secondary N) is 2. The van der Waals surface area contributed by atoms with E-state index in [-0.39, 0.29) is 18.0 Å². The highest BCUT2D eigenvalue weighted by Gasteiger charge is 2.40. The molecular weight excluding hydrogens is 448 g/mol. The molecule has 2 aromatic carbocycles. The average molecular weight is 473 g/mol. The minimum absolute atomic E-state index is 0.00208. The number of hydrogen-bond donors (Lipinski definition) is 2. The maximum atomic E-state index is 12.9. The fraction of sp³-hybridized carbons (Fsp3) is 0.192. The second-order valence-corrected chi connectivity index (χ2v) is 9.45. The molecule has 4 aromatic rings. The Kier molecular flexibility index (Phi) is 6.07. The van der Waals surface area contributed by atoms with Gasteiger partial charge in [-0.25, -0.2) is 0 Å². The van der Waals surface area contributed by atoms with Crippen LogP contribution in [-0.4, -0.2) is 27.4 Å². The number of rotatable bonds is 6. The highest BCUT2D eigenvalue weighted by Crippen LogP contribution is 2.42. The summed E-state index contributed by atoms with van der Waals surface area (Å²) in [5.74, 6) is -0.0305. The van der Waals surface area contributed by atoms with E-state index >= 15 is 0 Å². The van der Waals surface area contributed by atoms with E-state index in [1.165, 1.54) is 10.4 Å². The first-order valence-corrected chi connectivity index (χ1v) is 12.2. The topological polar surface area (TPSA) is 57.3 Å². The summed E-state index contributed by atoms with van der Waals surface area (Å²) in [5, 5.41) is 11.4. The van der Waals surface area contributed by atoms with Gasteiger partial charge in [0, 0.05) is 35.1 Å². The number of thiophene rings is 1. The molecule has 2 atom stereocenters. The van der Waals surface area contributed by atoms with Crippen LogP contribution in [0.5, 0.6) is 0 Å². The number of amides is 1. The van der Waals surface area contributed by atoms with Crippen molar-refractivity contribution in [2.24, 2.45) is 0 Å². The lowest BCUT2D eigenvalue weighted by atomic mass is 10.0. The molecule has 0 bridgehead atoms. The first-order chi connectivity index (χ1) is 16.1. The third-order valence-electron chi connectivity index (χ3n) is 6.01. The summed E-state index contributed by atoms with van der Waals surface area (Å²) < 4.78 is 0. The molecule has 0 radical (unpaired) electrons. The van der Waals surface area contributed by atoms with E-state index in [9.17, 15) is 4.79 Å². The Hall–Kier alpha value is -3.29. The van der Waals surface area contributed by atoms with Gasteiger partial charge in [0.15, 0.2) is 5.11 Å². The number of aryl methyl sites for hydroxylation is 1. The summed E-state index contributed by atoms with van der Waals surface area (Å²) in [7, 11) is 0. The maximum Gasteiger partial charge on any atom is 0.226 e. The van der Waals surface area contributed by atoms with E-state index in [0.29, 0.717) is 18.1 Å². The number of nitrogens with zero attached hydrogens (tertiary/aromatic N) is 2. The summed E-state index contributed by atoms with van der Waals surface area (Å²) in [6.45, 7) is 2.64. The number of carbonyl (C=O) groups excluding carboxylic acids is 1. The van der Waals surface area contributed by atoms with Crippen LogP contribution in [0.1, 0.15) is 34.6 Å². The van der Waals surface area contributed by atoms with Gasteiger partial charge < -0.3 is 15.5 Å². The molecule has 166 valence electrons. The Labute approximate surface area is 202 Å². The van der Waals surface area contributed by atoms with E-state index < -0.39 is 0 Å². The van der Waals surface area contributed by atoms with Gasteiger partial charge in [-0.15, -0.1) is 11.3 Å². The Morgan fingerprint density at radius 2 is 1.94 bits per heavy atom. The highest BCUT2D eigenvalue weighted by atomic mass is 32.1. The van der Waals surface area contributed by atoms with Gasteiger partial charge in [0.25, 0.3) is 0 Å². The van der Waals surface area contributed by atoms with Gasteiger partial charge in [0.2, 0.25) is 5.91 Å². The molecule has 5 rings (SSSR count). The molecule has 0 unspecified atom stereocenters. The van der Waals surface area contributed by atoms with E-state index in [2.05, 4.69) is 38.9 Å². The predicted molar refractivity (Wildman–Crippen MR) is 138 cm³/mol. The number of benzene rings is 2. The smallest absolute Gasteiger partial charge is 0.226 e. The van der Waals surface area contributed by atoms with Crippen molar-refractivity contribution < 1.29 is 4.79 Å². The molecule has 1 fully saturated rings. The Morgan fingerprint density at radius 3 is 2.73 bits per heavy atom. The summed E-state index contributed by atoms with van der Waals surface area (Å²) in [6, 6.07) is 22.0. The highest BCUT2D eigenvalue weighted by molar-refractivity contribution is 7.80. The SMILES string of the molecule is Cc1ccsc1[C@H]1[C@@H](c2ccccn2)NC(=S)N1CCC(=O)Nc1cccc2ccccc12. The van der Waals surface area contributed by atoms with Crippen molar-refractivity contribution in [3.63, 3.8) is 0 Å². The van der Waals surface area contributed by atoms with Crippen LogP contribution < -0.4 is 10.6 Å². The minimum Gasteiger partial charge on any atom is -0.352 e. The monoisotopic (exact) mass is 472 g/mol. The fourth-order valence-corrected chi connectivity index (χ4v) is 5.79. The van der Waals surface area contributed by atoms with Crippen molar-refractivity contribution >= 4 is 51.0 Å². The lowest BCUT2D eigenvalue weighted by Crippen LogP contribution is -2.32. The predicted octanol–water partition coefficient (Wildman–Crippen LogP) is 5.61. The fourth-order valence-electron chi connectivity index (χ4n) is 4.39. The molecule has 1 aliphatic heterocycles. The van der Waals surface area contributed by atoms with Gasteiger partial charge in [0.1, 0.15) is 0 Å². The molecule has 2 N–H and O–H groups in total. The van der Waals surface area contributed by atoms with Crippen LogP contribution >= 0.6 is 23.6 Å². The van der Waals surface area contributed by atoms with Gasteiger partial charge in [-0.05, 0) is 59.7 Å². The summed E-state index contributed by atoms with van der Waals surface area (Å²) in [6.07, 6.45) is 2.14. The number of carbonyl (C=O) groups is 1. The number of pyridine rings is 1. The van der Waals surface area contributed by atoms with E-state index in [1.807, 2.05) is 60.7 Å². The zero-order valence-corrected chi connectivity index (χ0v) is 19.8. The molecule has 0 spiro atoms. The van der Waals surface area contributed by atoms with Crippen LogP contribution in [0.25, 0.3) is 10.8 Å². The third-order valence-corrected chi connectivity index (χ3v) is 7.45. The van der Waals surface area contributed by atoms with Crippen molar-refractivity contribution in [3.8, 4) is 0 Å². The zero-order chi connectivity index (χ0) is 22.8. The Balaban J connectivity index is 1.36. The van der Waals surface area contributed by atoms with Crippen LogP contribution in [0.3, 0.4) is 0 Å². The van der Waals surface area contributed by atoms with Crippen molar-refractivity contribution in [1.29, 1.82) is 0 Å². The summed E-state index contributed by atoms with van der Waals surface area (Å²) in [4.78, 5) is 20.9. The molecule has 33 heavy (non-hydrogen) atoms. The molecule has 0 saturated carbocycles. The van der Waals surface area contributed by atoms with Crippen LogP contribution in [-0.2, 0) is 4.79 Å². The minimum atomic E-state index is -0.0582. The van der Waals surface area contributed by atoms with Crippen LogP contribution in [0.15, 0.2) is 78.3 Å². The lowest BCUT2D eigenvalue weighted by molar-refractivity contribution is -0.116. The zero-order valence-electron chi connectivity index (χ0n) is 18.2. The number of thiocarbonyl (C=S) groups is 1. The van der Waals surface area contributed by atoms with Gasteiger partial charge >= 0.3 is 0 Å². The van der Waals surface area contributed by atoms with Crippen LogP contribution in [0.2, 0.25) is 0 Å². The van der Waals surface area contributed by atoms with E-state index in [0.717, 1.165) is 22.2 Å². The normalized spacial score (nSPS) is 17.8. The molecular formula is C26H24N4OS2. The van der Waals surface area contributed by atoms with Crippen LogP contribution in [0.4, 0.5) is 5.69 Å². The van der Waals surface area contributed by atoms with Crippen LogP contribution in [0, 0.1) is 6.92 Å². The van der Waals surface area contributed by atoms with Gasteiger partial charge in [0.05, 0.1) is 17.8 Å². The molecule has 1 amide bonds. The molecule has 1 saturated heterocycles. The molecule has 2 aromatic heterocycles. The van der Waals surface area contributed by atoms with Crippen molar-refractivity contribution in [1.82, 2.24) is 15.2 Å². The van der Waals surface area contributed by atoms with Crippen molar-refractivity contribution in [2.45, 2.75) is 25.4 Å². The van der Waals surface area contributed by atoms with E-state index in [4.69, 9.17) is 12.2 Å². The third kappa shape index (κ3) is 4.34. The molecule has 0 aliphatic carbocycles. The maximum absolute atomic E-state index is 12.9. The summed E-state index contributed by atoms with van der Waals surface area (Å²) in [5.41, 5.74) is 3.00. The first kappa shape index (κ1) is 21.6. The second kappa shape index (κ2) is 9.29. The Bertz CT molecular complexity index is 1300. The molecule has 1 aliphatic rings. The van der Waals surface area contributed by atoms with Gasteiger partial charge in [-0.3, -0.25) is 9.78 Å². The standard InChI is InChI=1S/C26H24N4OS2/c1-17-13-16-33-25(17)24-23(21-10-4-5-14-27-21)29-26(32)30(24)15-12-22(31)28-20-11-6-8-18-7-2-3-9-19(18)20/h2-11,13-14,16,23-24H,12,15H2,1H3,(H,28,31)(H,29,32)/t23-,24-/m1/s1. The molecule has 3 heterocycles. The van der Waals surface area contributed by atoms with Crippen molar-refractivity contribution in [2.75, 3.05) is 11.9 Å². The number of hydrogen-bond acceptors (Lipinski definition) is 4. The van der Waals surface area contributed by atoms with E-state index in [1.54, 1.807) is 17.5 Å². The number of aromatic nitrogens is 1.